The highest BCUT2D eigenvalue weighted by molar-refractivity contribution is 6.28. The SMILES string of the molecule is CC1(C)C[C@@H](Nc2nc(Cl)ncc2F)C[C@@H]2CC(F)(F)CN21.CC1(C)C[C@H](Nc2nc(Cl)ncc2F)C[C@@H]2CC(F)(F)CN21. The number of alkyl halides is 4. The molecule has 4 aliphatic heterocycles. The van der Waals surface area contributed by atoms with Crippen molar-refractivity contribution in [2.24, 2.45) is 0 Å². The summed E-state index contributed by atoms with van der Waals surface area (Å²) in [7, 11) is 0. The van der Waals surface area contributed by atoms with Crippen LogP contribution in [0.25, 0.3) is 0 Å². The molecule has 8 nitrogen and oxygen atoms in total. The molecule has 0 saturated carbocycles. The molecule has 16 heteroatoms. The van der Waals surface area contributed by atoms with Crippen LogP contribution in [-0.4, -0.2) is 89.9 Å². The van der Waals surface area contributed by atoms with Gasteiger partial charge < -0.3 is 10.6 Å². The van der Waals surface area contributed by atoms with E-state index in [9.17, 15) is 26.3 Å². The molecule has 2 aromatic rings. The number of halogens is 8. The summed E-state index contributed by atoms with van der Waals surface area (Å²) in [6.07, 6.45) is 4.01. The van der Waals surface area contributed by atoms with Gasteiger partial charge in [-0.15, -0.1) is 0 Å². The van der Waals surface area contributed by atoms with Gasteiger partial charge in [0.25, 0.3) is 11.8 Å². The third kappa shape index (κ3) is 7.45. The van der Waals surface area contributed by atoms with Gasteiger partial charge in [-0.25, -0.2) is 36.3 Å². The summed E-state index contributed by atoms with van der Waals surface area (Å²) in [4.78, 5) is 18.5. The minimum absolute atomic E-state index is 0.0269. The molecule has 4 fully saturated rings. The maximum atomic E-state index is 13.7. The van der Waals surface area contributed by atoms with Gasteiger partial charge in [0.05, 0.1) is 25.5 Å². The molecule has 44 heavy (non-hydrogen) atoms. The lowest BCUT2D eigenvalue weighted by molar-refractivity contribution is -0.00709. The van der Waals surface area contributed by atoms with Crippen molar-refractivity contribution >= 4 is 34.8 Å². The van der Waals surface area contributed by atoms with E-state index in [0.717, 1.165) is 12.4 Å². The number of hydrogen-bond donors (Lipinski definition) is 2. The Morgan fingerprint density at radius 3 is 1.41 bits per heavy atom. The number of aromatic nitrogens is 4. The number of fused-ring (bicyclic) bond motifs is 2. The van der Waals surface area contributed by atoms with Gasteiger partial charge in [-0.2, -0.15) is 9.97 Å². The fourth-order valence-corrected chi connectivity index (χ4v) is 7.66. The van der Waals surface area contributed by atoms with E-state index in [-0.39, 0.29) is 83.4 Å². The molecule has 0 aromatic carbocycles. The highest BCUT2D eigenvalue weighted by Gasteiger charge is 2.54. The normalized spacial score (nSPS) is 30.1. The third-order valence-electron chi connectivity index (χ3n) is 9.02. The van der Waals surface area contributed by atoms with Gasteiger partial charge in [0, 0.05) is 48.1 Å². The van der Waals surface area contributed by atoms with Gasteiger partial charge in [0.1, 0.15) is 0 Å². The summed E-state index contributed by atoms with van der Waals surface area (Å²) in [5.74, 6) is -6.44. The molecule has 244 valence electrons. The Morgan fingerprint density at radius 1 is 0.682 bits per heavy atom. The zero-order valence-corrected chi connectivity index (χ0v) is 26.3. The number of nitrogens with one attached hydrogen (secondary N) is 2. The molecule has 4 saturated heterocycles. The van der Waals surface area contributed by atoms with Crippen molar-refractivity contribution in [2.45, 2.75) is 113 Å². The minimum Gasteiger partial charge on any atom is -0.365 e. The Kier molecular flexibility index (Phi) is 8.97. The van der Waals surface area contributed by atoms with Crippen LogP contribution < -0.4 is 10.6 Å². The summed E-state index contributed by atoms with van der Waals surface area (Å²) in [5.41, 5.74) is -0.762. The second-order valence-electron chi connectivity index (χ2n) is 13.5. The van der Waals surface area contributed by atoms with Crippen LogP contribution in [0.4, 0.5) is 38.0 Å². The molecular formula is C28H36Cl2F6N8. The molecular weight excluding hydrogens is 633 g/mol. The predicted octanol–water partition coefficient (Wildman–Crippen LogP) is 6.66. The van der Waals surface area contributed by atoms with Crippen molar-refractivity contribution in [2.75, 3.05) is 23.7 Å². The van der Waals surface area contributed by atoms with Gasteiger partial charge in [-0.1, -0.05) is 0 Å². The van der Waals surface area contributed by atoms with Crippen LogP contribution in [0, 0.1) is 11.6 Å². The van der Waals surface area contributed by atoms with E-state index >= 15 is 0 Å². The molecule has 4 aliphatic rings. The monoisotopic (exact) mass is 668 g/mol. The third-order valence-corrected chi connectivity index (χ3v) is 9.39. The number of hydrogen-bond acceptors (Lipinski definition) is 8. The van der Waals surface area contributed by atoms with Crippen LogP contribution in [0.3, 0.4) is 0 Å². The molecule has 6 heterocycles. The average Bonchev–Trinajstić information content (AvgIpc) is 3.38. The first-order chi connectivity index (χ1) is 20.3. The molecule has 0 aliphatic carbocycles. The molecule has 0 bridgehead atoms. The second-order valence-corrected chi connectivity index (χ2v) is 14.2. The molecule has 0 spiro atoms. The first-order valence-electron chi connectivity index (χ1n) is 14.5. The van der Waals surface area contributed by atoms with Crippen molar-refractivity contribution in [3.8, 4) is 0 Å². The van der Waals surface area contributed by atoms with E-state index in [1.807, 2.05) is 37.5 Å². The lowest BCUT2D eigenvalue weighted by Gasteiger charge is -2.47. The van der Waals surface area contributed by atoms with E-state index in [4.69, 9.17) is 23.2 Å². The minimum atomic E-state index is -2.65. The van der Waals surface area contributed by atoms with Gasteiger partial charge in [0.2, 0.25) is 10.6 Å². The molecule has 2 aromatic heterocycles. The Bertz CT molecular complexity index is 1260. The number of nitrogens with zero attached hydrogens (tertiary/aromatic N) is 6. The summed E-state index contributed by atoms with van der Waals surface area (Å²) in [6.45, 7) is 7.37. The molecule has 2 N–H and O–H groups in total. The summed E-state index contributed by atoms with van der Waals surface area (Å²) in [6, 6.07) is -0.690. The topological polar surface area (TPSA) is 82.1 Å². The van der Waals surface area contributed by atoms with Gasteiger partial charge in [-0.05, 0) is 76.6 Å². The Labute approximate surface area is 262 Å². The average molecular weight is 670 g/mol. The predicted molar refractivity (Wildman–Crippen MR) is 156 cm³/mol. The first-order valence-corrected chi connectivity index (χ1v) is 15.3. The maximum Gasteiger partial charge on any atom is 0.262 e. The summed E-state index contributed by atoms with van der Waals surface area (Å²) < 4.78 is 82.3. The van der Waals surface area contributed by atoms with Crippen molar-refractivity contribution in [1.82, 2.24) is 29.7 Å². The largest absolute Gasteiger partial charge is 0.365 e. The molecule has 4 atom stereocenters. The molecule has 0 unspecified atom stereocenters. The molecule has 6 rings (SSSR count). The number of rotatable bonds is 4. The number of piperidine rings is 2. The lowest BCUT2D eigenvalue weighted by Crippen LogP contribution is -2.55. The highest BCUT2D eigenvalue weighted by Crippen LogP contribution is 2.45. The van der Waals surface area contributed by atoms with Crippen molar-refractivity contribution in [1.29, 1.82) is 0 Å². The standard InChI is InChI=1S/2C14H18ClF3N4/c2*1-13(2)4-8(3-9-5-14(17,18)7-22(9)13)20-11-10(16)6-19-12(15)21-11/h2*6,8-9H,3-5,7H2,1-2H3,(H,19,20,21)/t8-,9+;8-,9-/m01/s1. The summed E-state index contributed by atoms with van der Waals surface area (Å²) in [5, 5.41) is 5.91. The Hall–Kier alpha value is -2.16. The smallest absolute Gasteiger partial charge is 0.262 e. The highest BCUT2D eigenvalue weighted by atomic mass is 35.5. The van der Waals surface area contributed by atoms with Crippen LogP contribution in [0.5, 0.6) is 0 Å². The lowest BCUT2D eigenvalue weighted by atomic mass is 9.84. The fourth-order valence-electron chi connectivity index (χ4n) is 7.40. The van der Waals surface area contributed by atoms with E-state index in [2.05, 4.69) is 30.6 Å². The van der Waals surface area contributed by atoms with Crippen LogP contribution >= 0.6 is 23.2 Å². The van der Waals surface area contributed by atoms with E-state index in [1.54, 1.807) is 0 Å². The van der Waals surface area contributed by atoms with Gasteiger partial charge in [0.15, 0.2) is 23.3 Å². The number of anilines is 2. The van der Waals surface area contributed by atoms with Crippen LogP contribution in [0.2, 0.25) is 10.6 Å². The van der Waals surface area contributed by atoms with Crippen molar-refractivity contribution < 1.29 is 26.3 Å². The maximum absolute atomic E-state index is 13.7. The van der Waals surface area contributed by atoms with Gasteiger partial charge >= 0.3 is 0 Å². The van der Waals surface area contributed by atoms with Crippen LogP contribution in [-0.2, 0) is 0 Å². The quantitative estimate of drug-likeness (QED) is 0.277. The van der Waals surface area contributed by atoms with E-state index in [0.29, 0.717) is 25.7 Å². The van der Waals surface area contributed by atoms with E-state index < -0.39 is 23.5 Å². The van der Waals surface area contributed by atoms with E-state index in [1.165, 1.54) is 0 Å². The van der Waals surface area contributed by atoms with Gasteiger partial charge in [-0.3, -0.25) is 9.80 Å². The zero-order chi connectivity index (χ0) is 32.2. The van der Waals surface area contributed by atoms with Crippen LogP contribution in [0.1, 0.15) is 66.2 Å². The second kappa shape index (κ2) is 11.9. The fraction of sp³-hybridized carbons (Fsp3) is 0.714. The first kappa shape index (κ1) is 33.2. The molecule has 0 amide bonds. The van der Waals surface area contributed by atoms with Crippen LogP contribution in [0.15, 0.2) is 12.4 Å². The summed E-state index contributed by atoms with van der Waals surface area (Å²) >= 11 is 11.4. The Morgan fingerprint density at radius 2 is 1.05 bits per heavy atom. The Balaban J connectivity index is 0.000000175. The van der Waals surface area contributed by atoms with Crippen molar-refractivity contribution in [3.63, 3.8) is 0 Å². The molecule has 0 radical (unpaired) electrons. The zero-order valence-electron chi connectivity index (χ0n) is 24.8. The van der Waals surface area contributed by atoms with Crippen molar-refractivity contribution in [3.05, 3.63) is 34.6 Å².